The molecule has 220 valence electrons. The summed E-state index contributed by atoms with van der Waals surface area (Å²) >= 11 is 0. The first-order valence-corrected chi connectivity index (χ1v) is 11.5. The van der Waals surface area contributed by atoms with Crippen LogP contribution in [0.4, 0.5) is 0 Å². The highest BCUT2D eigenvalue weighted by molar-refractivity contribution is 5.98. The van der Waals surface area contributed by atoms with Crippen molar-refractivity contribution in [3.8, 4) is 0 Å². The van der Waals surface area contributed by atoms with E-state index in [1.54, 1.807) is 0 Å². The molecule has 18 heteroatoms. The first kappa shape index (κ1) is 33.4. The number of carboxylic acid groups (broad SMARTS) is 4. The van der Waals surface area contributed by atoms with E-state index >= 15 is 0 Å². The highest BCUT2D eigenvalue weighted by atomic mass is 16.4. The van der Waals surface area contributed by atoms with E-state index in [-0.39, 0.29) is 37.3 Å². The van der Waals surface area contributed by atoms with Gasteiger partial charge in [-0.15, -0.1) is 0 Å². The van der Waals surface area contributed by atoms with Gasteiger partial charge in [0.2, 0.25) is 0 Å². The molecule has 18 nitrogen and oxygen atoms in total. The van der Waals surface area contributed by atoms with Crippen LogP contribution in [0.3, 0.4) is 0 Å². The summed E-state index contributed by atoms with van der Waals surface area (Å²) in [4.78, 5) is 84.1. The van der Waals surface area contributed by atoms with Crippen molar-refractivity contribution >= 4 is 41.6 Å². The summed E-state index contributed by atoms with van der Waals surface area (Å²) in [6, 6.07) is 5.29. The second-order valence-electron chi connectivity index (χ2n) is 8.33. The summed E-state index contributed by atoms with van der Waals surface area (Å²) < 4.78 is 0. The summed E-state index contributed by atoms with van der Waals surface area (Å²) in [5.41, 5.74) is 6.51. The van der Waals surface area contributed by atoms with E-state index in [4.69, 9.17) is 16.1 Å². The third-order valence-corrected chi connectivity index (χ3v) is 5.12. The van der Waals surface area contributed by atoms with Crippen molar-refractivity contribution in [2.45, 2.75) is 0 Å². The number of carbonyl (C=O) groups excluding carboxylic acids is 3. The normalized spacial score (nSPS) is 10.8. The molecule has 0 aliphatic heterocycles. The number of carbonyl (C=O) groups is 7. The molecular formula is C22H31N7O11. The number of hydrazine groups is 2. The number of rotatable bonds is 18. The van der Waals surface area contributed by atoms with Crippen LogP contribution < -0.4 is 22.1 Å². The molecule has 0 heterocycles. The Morgan fingerprint density at radius 2 is 0.900 bits per heavy atom. The lowest BCUT2D eigenvalue weighted by Crippen LogP contribution is -2.49. The Balaban J connectivity index is 2.73. The lowest BCUT2D eigenvalue weighted by Gasteiger charge is -2.27. The van der Waals surface area contributed by atoms with Gasteiger partial charge in [-0.25, -0.2) is 5.84 Å². The summed E-state index contributed by atoms with van der Waals surface area (Å²) in [6.07, 6.45) is 0. The third kappa shape index (κ3) is 13.8. The van der Waals surface area contributed by atoms with Gasteiger partial charge in [-0.1, -0.05) is 0 Å². The van der Waals surface area contributed by atoms with Crippen molar-refractivity contribution in [1.82, 2.24) is 31.0 Å². The Morgan fingerprint density at radius 1 is 0.550 bits per heavy atom. The molecule has 0 atom stereocenters. The van der Waals surface area contributed by atoms with Gasteiger partial charge >= 0.3 is 23.9 Å². The molecule has 0 radical (unpaired) electrons. The topological polar surface area (TPSA) is 272 Å². The molecule has 3 amide bonds. The SMILES string of the molecule is NNC(=O)c1ccc(C(=O)NNC(=O)CN(CCN(CCN(CC(=O)O)CC(=O)O)CC(=O)O)CC(=O)O)cc1. The molecule has 0 saturated carbocycles. The minimum atomic E-state index is -1.28. The minimum Gasteiger partial charge on any atom is -0.480 e. The quantitative estimate of drug-likeness (QED) is 0.0480. The highest BCUT2D eigenvalue weighted by Crippen LogP contribution is 2.04. The smallest absolute Gasteiger partial charge is 0.317 e. The van der Waals surface area contributed by atoms with E-state index < -0.39 is 74.3 Å². The fourth-order valence-corrected chi connectivity index (χ4v) is 3.33. The molecule has 0 saturated heterocycles. The Labute approximate surface area is 227 Å². The van der Waals surface area contributed by atoms with Gasteiger partial charge in [-0.3, -0.25) is 64.5 Å². The van der Waals surface area contributed by atoms with Crippen molar-refractivity contribution in [3.05, 3.63) is 35.4 Å². The number of nitrogens with two attached hydrogens (primary N) is 1. The number of benzene rings is 1. The molecule has 1 rings (SSSR count). The Kier molecular flexibility index (Phi) is 14.2. The van der Waals surface area contributed by atoms with Gasteiger partial charge in [0.1, 0.15) is 0 Å². The molecule has 0 unspecified atom stereocenters. The highest BCUT2D eigenvalue weighted by Gasteiger charge is 2.20. The summed E-state index contributed by atoms with van der Waals surface area (Å²) in [7, 11) is 0. The summed E-state index contributed by atoms with van der Waals surface area (Å²) in [6.45, 7) is -3.10. The molecule has 0 spiro atoms. The van der Waals surface area contributed by atoms with Gasteiger partial charge < -0.3 is 20.4 Å². The molecule has 0 fully saturated rings. The first-order chi connectivity index (χ1) is 18.8. The molecule has 0 bridgehead atoms. The number of nitrogen functional groups attached to an aromatic ring is 1. The van der Waals surface area contributed by atoms with Gasteiger partial charge in [-0.2, -0.15) is 0 Å². The van der Waals surface area contributed by atoms with Crippen LogP contribution in [0, 0.1) is 0 Å². The molecule has 40 heavy (non-hydrogen) atoms. The molecule has 0 aromatic heterocycles. The average Bonchev–Trinajstić information content (AvgIpc) is 2.86. The second-order valence-corrected chi connectivity index (χ2v) is 8.33. The zero-order valence-corrected chi connectivity index (χ0v) is 21.2. The van der Waals surface area contributed by atoms with Gasteiger partial charge in [-0.05, 0) is 24.3 Å². The van der Waals surface area contributed by atoms with Crippen molar-refractivity contribution in [2.24, 2.45) is 5.84 Å². The lowest BCUT2D eigenvalue weighted by atomic mass is 10.1. The maximum atomic E-state index is 12.3. The van der Waals surface area contributed by atoms with E-state index in [2.05, 4.69) is 10.9 Å². The standard InChI is InChI=1S/C22H31N7O11/c23-24-21(39)14-1-3-15(4-2-14)22(40)26-25-16(30)9-28(11-18(33)34)7-5-27(10-17(31)32)6-8-29(12-19(35)36)13-20(37)38/h1-4H,5-13,23H2,(H,24,39)(H,25,30)(H,26,40)(H,31,32)(H,33,34)(H,35,36)(H,37,38). The van der Waals surface area contributed by atoms with Crippen LogP contribution >= 0.6 is 0 Å². The average molecular weight is 570 g/mol. The Hall–Kier alpha value is -4.65. The fraction of sp³-hybridized carbons (Fsp3) is 0.409. The van der Waals surface area contributed by atoms with Crippen LogP contribution in [0.15, 0.2) is 24.3 Å². The predicted octanol–water partition coefficient (Wildman–Crippen LogP) is -3.70. The molecule has 9 N–H and O–H groups in total. The van der Waals surface area contributed by atoms with Crippen molar-refractivity contribution in [3.63, 3.8) is 0 Å². The minimum absolute atomic E-state index is 0.0538. The largest absolute Gasteiger partial charge is 0.480 e. The number of nitrogens with zero attached hydrogens (tertiary/aromatic N) is 3. The van der Waals surface area contributed by atoms with Crippen LogP contribution in [0.5, 0.6) is 0 Å². The third-order valence-electron chi connectivity index (χ3n) is 5.12. The summed E-state index contributed by atoms with van der Waals surface area (Å²) in [5.74, 6) is -2.10. The van der Waals surface area contributed by atoms with Crippen LogP contribution in [-0.4, -0.2) is 136 Å². The Bertz CT molecular complexity index is 1070. The van der Waals surface area contributed by atoms with Crippen molar-refractivity contribution in [1.29, 1.82) is 0 Å². The van der Waals surface area contributed by atoms with Gasteiger partial charge in [0.15, 0.2) is 0 Å². The van der Waals surface area contributed by atoms with Crippen LogP contribution in [-0.2, 0) is 24.0 Å². The molecule has 0 aliphatic carbocycles. The van der Waals surface area contributed by atoms with Gasteiger partial charge in [0, 0.05) is 37.3 Å². The molecule has 1 aromatic rings. The zero-order chi connectivity index (χ0) is 30.2. The molecular weight excluding hydrogens is 538 g/mol. The zero-order valence-electron chi connectivity index (χ0n) is 21.2. The lowest BCUT2D eigenvalue weighted by molar-refractivity contribution is -0.143. The number of amides is 3. The van der Waals surface area contributed by atoms with E-state index in [9.17, 15) is 43.8 Å². The van der Waals surface area contributed by atoms with Crippen molar-refractivity contribution < 1.29 is 54.0 Å². The van der Waals surface area contributed by atoms with Crippen molar-refractivity contribution in [2.75, 3.05) is 58.9 Å². The number of carboxylic acids is 4. The fourth-order valence-electron chi connectivity index (χ4n) is 3.33. The molecule has 1 aromatic carbocycles. The van der Waals surface area contributed by atoms with Gasteiger partial charge in [0.05, 0.1) is 32.7 Å². The number of nitrogens with one attached hydrogen (secondary N) is 3. The Morgan fingerprint density at radius 3 is 1.30 bits per heavy atom. The van der Waals surface area contributed by atoms with E-state index in [0.29, 0.717) is 0 Å². The first-order valence-electron chi connectivity index (χ1n) is 11.5. The number of hydrogen-bond acceptors (Lipinski definition) is 11. The maximum Gasteiger partial charge on any atom is 0.317 e. The van der Waals surface area contributed by atoms with E-state index in [1.807, 2.05) is 5.43 Å². The van der Waals surface area contributed by atoms with Crippen LogP contribution in [0.1, 0.15) is 20.7 Å². The van der Waals surface area contributed by atoms with E-state index in [0.717, 1.165) is 4.90 Å². The maximum absolute atomic E-state index is 12.3. The summed E-state index contributed by atoms with van der Waals surface area (Å²) in [5, 5.41) is 36.3. The number of aliphatic carboxylic acids is 4. The molecule has 0 aliphatic rings. The van der Waals surface area contributed by atoms with E-state index in [1.165, 1.54) is 34.1 Å². The van der Waals surface area contributed by atoms with Crippen LogP contribution in [0.25, 0.3) is 0 Å². The predicted molar refractivity (Wildman–Crippen MR) is 134 cm³/mol. The van der Waals surface area contributed by atoms with Gasteiger partial charge in [0.25, 0.3) is 17.7 Å². The second kappa shape index (κ2) is 17.0. The monoisotopic (exact) mass is 569 g/mol. The van der Waals surface area contributed by atoms with Crippen LogP contribution in [0.2, 0.25) is 0 Å². The number of hydrogen-bond donors (Lipinski definition) is 8.